The summed E-state index contributed by atoms with van der Waals surface area (Å²) in [5.41, 5.74) is 1.30. The van der Waals surface area contributed by atoms with Gasteiger partial charge in [0.2, 0.25) is 0 Å². The van der Waals surface area contributed by atoms with Crippen molar-refractivity contribution in [3.63, 3.8) is 0 Å². The molecular weight excluding hydrogens is 362 g/mol. The highest BCUT2D eigenvalue weighted by atomic mass is 32.1. The van der Waals surface area contributed by atoms with E-state index >= 15 is 0 Å². The van der Waals surface area contributed by atoms with Gasteiger partial charge in [-0.15, -0.1) is 11.3 Å². The largest absolute Gasteiger partial charge is 0.337 e. The van der Waals surface area contributed by atoms with Crippen LogP contribution in [-0.4, -0.2) is 44.0 Å². The van der Waals surface area contributed by atoms with Gasteiger partial charge in [0.15, 0.2) is 5.82 Å². The predicted molar refractivity (Wildman–Crippen MR) is 102 cm³/mol. The zero-order valence-electron chi connectivity index (χ0n) is 15.6. The third-order valence-corrected chi connectivity index (χ3v) is 6.04. The zero-order chi connectivity index (χ0) is 19.0. The van der Waals surface area contributed by atoms with Crippen LogP contribution in [0.25, 0.3) is 11.5 Å². The third-order valence-electron chi connectivity index (χ3n) is 4.97. The van der Waals surface area contributed by atoms with E-state index in [1.54, 1.807) is 12.4 Å². The van der Waals surface area contributed by atoms with Crippen LogP contribution < -0.4 is 0 Å². The minimum absolute atomic E-state index is 0.0434. The van der Waals surface area contributed by atoms with E-state index in [1.807, 2.05) is 30.9 Å². The summed E-state index contributed by atoms with van der Waals surface area (Å²) in [7, 11) is 0. The molecule has 1 fully saturated rings. The number of aryl methyl sites for hydroxylation is 2. The number of thiazole rings is 1. The molecule has 0 radical (unpaired) electrons. The van der Waals surface area contributed by atoms with Crippen LogP contribution in [0.2, 0.25) is 0 Å². The van der Waals surface area contributed by atoms with Gasteiger partial charge in [-0.2, -0.15) is 4.98 Å². The molecule has 7 nitrogen and oxygen atoms in total. The smallest absolute Gasteiger partial charge is 0.265 e. The van der Waals surface area contributed by atoms with Crippen LogP contribution >= 0.6 is 11.3 Å². The highest BCUT2D eigenvalue weighted by molar-refractivity contribution is 7.13. The first-order valence-electron chi connectivity index (χ1n) is 8.94. The molecule has 4 rings (SSSR count). The molecule has 27 heavy (non-hydrogen) atoms. The molecule has 8 heteroatoms. The number of rotatable bonds is 3. The Balaban J connectivity index is 1.57. The molecule has 1 saturated heterocycles. The topological polar surface area (TPSA) is 85.0 Å². The van der Waals surface area contributed by atoms with Crippen molar-refractivity contribution in [1.82, 2.24) is 25.0 Å². The number of hydrogen-bond acceptors (Lipinski definition) is 7. The highest BCUT2D eigenvalue weighted by Gasteiger charge is 2.39. The van der Waals surface area contributed by atoms with Crippen molar-refractivity contribution in [2.45, 2.75) is 39.0 Å². The lowest BCUT2D eigenvalue weighted by Gasteiger charge is -2.38. The van der Waals surface area contributed by atoms with Crippen molar-refractivity contribution in [1.29, 1.82) is 0 Å². The van der Waals surface area contributed by atoms with Crippen molar-refractivity contribution in [3.05, 3.63) is 45.9 Å². The third kappa shape index (κ3) is 3.37. The van der Waals surface area contributed by atoms with Crippen LogP contribution in [0, 0.1) is 13.8 Å². The summed E-state index contributed by atoms with van der Waals surface area (Å²) in [6, 6.07) is 3.68. The van der Waals surface area contributed by atoms with Gasteiger partial charge in [0, 0.05) is 36.5 Å². The second-order valence-electron chi connectivity index (χ2n) is 7.20. The van der Waals surface area contributed by atoms with Crippen LogP contribution in [0.1, 0.15) is 46.0 Å². The molecule has 3 aromatic heterocycles. The Kier molecular flexibility index (Phi) is 4.51. The number of likely N-dealkylation sites (tertiary alicyclic amines) is 1. The minimum atomic E-state index is -0.337. The van der Waals surface area contributed by atoms with Crippen LogP contribution in [0.15, 0.2) is 29.0 Å². The first kappa shape index (κ1) is 17.8. The molecule has 1 amide bonds. The molecule has 1 unspecified atom stereocenters. The number of piperidine rings is 1. The maximum Gasteiger partial charge on any atom is 0.265 e. The molecule has 1 aliphatic heterocycles. The molecule has 0 aromatic carbocycles. The summed E-state index contributed by atoms with van der Waals surface area (Å²) in [6.07, 6.45) is 5.20. The average molecular weight is 383 g/mol. The summed E-state index contributed by atoms with van der Waals surface area (Å²) in [5, 5.41) is 5.13. The fourth-order valence-electron chi connectivity index (χ4n) is 3.55. The van der Waals surface area contributed by atoms with Gasteiger partial charge in [-0.1, -0.05) is 12.1 Å². The van der Waals surface area contributed by atoms with Crippen molar-refractivity contribution in [2.75, 3.05) is 13.1 Å². The van der Waals surface area contributed by atoms with E-state index < -0.39 is 0 Å². The lowest BCUT2D eigenvalue weighted by molar-refractivity contribution is 0.0646. The second kappa shape index (κ2) is 6.84. The number of aromatic nitrogens is 4. The molecule has 0 bridgehead atoms. The summed E-state index contributed by atoms with van der Waals surface area (Å²) < 4.78 is 5.47. The van der Waals surface area contributed by atoms with Gasteiger partial charge in [-0.25, -0.2) is 4.98 Å². The van der Waals surface area contributed by atoms with E-state index in [-0.39, 0.29) is 11.3 Å². The van der Waals surface area contributed by atoms with E-state index in [4.69, 9.17) is 4.52 Å². The molecule has 3 aromatic rings. The second-order valence-corrected chi connectivity index (χ2v) is 8.40. The Bertz CT molecular complexity index is 968. The van der Waals surface area contributed by atoms with Crippen LogP contribution in [0.4, 0.5) is 0 Å². The van der Waals surface area contributed by atoms with Crippen LogP contribution in [0.5, 0.6) is 0 Å². The molecule has 0 spiro atoms. The highest BCUT2D eigenvalue weighted by Crippen LogP contribution is 2.34. The molecule has 0 saturated carbocycles. The van der Waals surface area contributed by atoms with Crippen molar-refractivity contribution < 1.29 is 9.32 Å². The van der Waals surface area contributed by atoms with Gasteiger partial charge in [-0.3, -0.25) is 9.78 Å². The standard InChI is InChI=1S/C19H21N5O2S/c1-12-15(27-13(2)21-12)17(25)24-10-4-7-19(3,11-24)18-22-16(26-23-18)14-5-8-20-9-6-14/h5-6,8-9H,4,7,10-11H2,1-3H3. The van der Waals surface area contributed by atoms with Crippen molar-refractivity contribution >= 4 is 17.2 Å². The van der Waals surface area contributed by atoms with E-state index in [0.717, 1.165) is 40.5 Å². The Labute approximate surface area is 161 Å². The van der Waals surface area contributed by atoms with Gasteiger partial charge >= 0.3 is 0 Å². The Morgan fingerprint density at radius 2 is 2.04 bits per heavy atom. The van der Waals surface area contributed by atoms with Crippen molar-refractivity contribution in [2.24, 2.45) is 0 Å². The Morgan fingerprint density at radius 1 is 1.26 bits per heavy atom. The summed E-state index contributed by atoms with van der Waals surface area (Å²) >= 11 is 1.46. The van der Waals surface area contributed by atoms with Gasteiger partial charge < -0.3 is 9.42 Å². The number of nitrogens with zero attached hydrogens (tertiary/aromatic N) is 5. The lowest BCUT2D eigenvalue weighted by atomic mass is 9.81. The molecule has 0 aliphatic carbocycles. The van der Waals surface area contributed by atoms with Gasteiger partial charge in [0.25, 0.3) is 11.8 Å². The van der Waals surface area contributed by atoms with Gasteiger partial charge in [0.1, 0.15) is 4.88 Å². The number of carbonyl (C=O) groups is 1. The molecular formula is C19H21N5O2S. The molecule has 1 aliphatic rings. The first-order chi connectivity index (χ1) is 13.0. The van der Waals surface area contributed by atoms with Crippen molar-refractivity contribution in [3.8, 4) is 11.5 Å². The number of hydrogen-bond donors (Lipinski definition) is 0. The SMILES string of the molecule is Cc1nc(C)c(C(=O)N2CCCC(C)(c3noc(-c4ccncc4)n3)C2)s1. The quantitative estimate of drug-likeness (QED) is 0.689. The Hall–Kier alpha value is -2.61. The minimum Gasteiger partial charge on any atom is -0.337 e. The Morgan fingerprint density at radius 3 is 2.74 bits per heavy atom. The maximum atomic E-state index is 13.0. The van der Waals surface area contributed by atoms with Gasteiger partial charge in [0.05, 0.1) is 10.7 Å². The average Bonchev–Trinajstić information content (AvgIpc) is 3.29. The number of pyridine rings is 1. The summed E-state index contributed by atoms with van der Waals surface area (Å²) in [6.45, 7) is 7.21. The van der Waals surface area contributed by atoms with E-state index in [2.05, 4.69) is 27.0 Å². The molecule has 4 heterocycles. The fourth-order valence-corrected chi connectivity index (χ4v) is 4.44. The summed E-state index contributed by atoms with van der Waals surface area (Å²) in [4.78, 5) is 28.6. The first-order valence-corrected chi connectivity index (χ1v) is 9.76. The molecule has 1 atom stereocenters. The molecule has 0 N–H and O–H groups in total. The zero-order valence-corrected chi connectivity index (χ0v) is 16.4. The summed E-state index contributed by atoms with van der Waals surface area (Å²) in [5.74, 6) is 1.16. The van der Waals surface area contributed by atoms with E-state index in [1.165, 1.54) is 11.3 Å². The van der Waals surface area contributed by atoms with E-state index in [9.17, 15) is 4.79 Å². The predicted octanol–water partition coefficient (Wildman–Crippen LogP) is 3.40. The number of carbonyl (C=O) groups excluding carboxylic acids is 1. The monoisotopic (exact) mass is 383 g/mol. The van der Waals surface area contributed by atoms with Crippen LogP contribution in [0.3, 0.4) is 0 Å². The lowest BCUT2D eigenvalue weighted by Crippen LogP contribution is -2.47. The maximum absolute atomic E-state index is 13.0. The van der Waals surface area contributed by atoms with E-state index in [0.29, 0.717) is 18.3 Å². The normalized spacial score (nSPS) is 20.0. The molecule has 140 valence electrons. The van der Waals surface area contributed by atoms with Gasteiger partial charge in [-0.05, 0) is 38.8 Å². The number of amides is 1. The van der Waals surface area contributed by atoms with Crippen LogP contribution in [-0.2, 0) is 5.41 Å². The fraction of sp³-hybridized carbons (Fsp3) is 0.421.